The van der Waals surface area contributed by atoms with Gasteiger partial charge in [0, 0.05) is 18.0 Å². The molecule has 0 saturated carbocycles. The minimum Gasteiger partial charge on any atom is -0.397 e. The van der Waals surface area contributed by atoms with Crippen molar-refractivity contribution in [1.29, 1.82) is 0 Å². The number of thiophene rings is 1. The summed E-state index contributed by atoms with van der Waals surface area (Å²) in [5.74, 6) is -0.215. The SMILES string of the molecule is CCC(CCO)NC(=O)c1sc2nnc(C)c(C)c2c1N. The van der Waals surface area contributed by atoms with Crippen LogP contribution in [0.3, 0.4) is 0 Å². The number of aromatic nitrogens is 2. The number of hydrogen-bond acceptors (Lipinski definition) is 6. The first-order valence-corrected chi connectivity index (χ1v) is 7.74. The fourth-order valence-electron chi connectivity index (χ4n) is 2.19. The summed E-state index contributed by atoms with van der Waals surface area (Å²) >= 11 is 1.25. The van der Waals surface area contributed by atoms with Gasteiger partial charge in [0.05, 0.1) is 11.4 Å². The third kappa shape index (κ3) is 2.98. The number of carbonyl (C=O) groups is 1. The van der Waals surface area contributed by atoms with E-state index in [9.17, 15) is 4.79 Å². The Balaban J connectivity index is 2.36. The first-order chi connectivity index (χ1) is 9.99. The van der Waals surface area contributed by atoms with E-state index in [0.29, 0.717) is 21.8 Å². The van der Waals surface area contributed by atoms with Crippen molar-refractivity contribution in [2.75, 3.05) is 12.3 Å². The van der Waals surface area contributed by atoms with Gasteiger partial charge in [-0.1, -0.05) is 6.92 Å². The number of hydrogen-bond donors (Lipinski definition) is 3. The van der Waals surface area contributed by atoms with Gasteiger partial charge in [0.15, 0.2) is 0 Å². The van der Waals surface area contributed by atoms with Crippen molar-refractivity contribution in [2.45, 2.75) is 39.7 Å². The molecule has 1 unspecified atom stereocenters. The maximum Gasteiger partial charge on any atom is 0.263 e. The summed E-state index contributed by atoms with van der Waals surface area (Å²) < 4.78 is 0. The molecule has 0 aliphatic rings. The van der Waals surface area contributed by atoms with Gasteiger partial charge in [-0.05, 0) is 32.3 Å². The summed E-state index contributed by atoms with van der Waals surface area (Å²) in [6.07, 6.45) is 1.29. The van der Waals surface area contributed by atoms with Crippen molar-refractivity contribution >= 4 is 33.1 Å². The molecule has 4 N–H and O–H groups in total. The zero-order valence-electron chi connectivity index (χ0n) is 12.4. The Morgan fingerprint density at radius 1 is 1.43 bits per heavy atom. The number of nitrogens with two attached hydrogens (primary N) is 1. The van der Waals surface area contributed by atoms with Gasteiger partial charge in [-0.2, -0.15) is 5.10 Å². The number of rotatable bonds is 5. The molecule has 1 atom stereocenters. The maximum absolute atomic E-state index is 12.4. The Morgan fingerprint density at radius 2 is 2.14 bits per heavy atom. The van der Waals surface area contributed by atoms with E-state index < -0.39 is 0 Å². The Bertz CT molecular complexity index is 669. The first-order valence-electron chi connectivity index (χ1n) is 6.93. The van der Waals surface area contributed by atoms with E-state index in [2.05, 4.69) is 15.5 Å². The topological polar surface area (TPSA) is 101 Å². The van der Waals surface area contributed by atoms with Crippen LogP contribution in [0.5, 0.6) is 0 Å². The fourth-order valence-corrected chi connectivity index (χ4v) is 3.20. The highest BCUT2D eigenvalue weighted by molar-refractivity contribution is 7.21. The number of amides is 1. The number of aliphatic hydroxyl groups is 1. The molecule has 0 aromatic carbocycles. The standard InChI is InChI=1S/C14H20N4O2S/c1-4-9(5-6-19)16-13(20)12-11(15)10-7(2)8(3)17-18-14(10)21-12/h9,19H,4-6,15H2,1-3H3,(H,16,20). The zero-order valence-corrected chi connectivity index (χ0v) is 13.3. The lowest BCUT2D eigenvalue weighted by Gasteiger charge is -2.15. The van der Waals surface area contributed by atoms with Crippen molar-refractivity contribution in [3.63, 3.8) is 0 Å². The van der Waals surface area contributed by atoms with Gasteiger partial charge in [-0.3, -0.25) is 4.79 Å². The van der Waals surface area contributed by atoms with Gasteiger partial charge < -0.3 is 16.2 Å². The minimum atomic E-state index is -0.215. The maximum atomic E-state index is 12.4. The fraction of sp³-hybridized carbons (Fsp3) is 0.500. The molecule has 0 saturated heterocycles. The van der Waals surface area contributed by atoms with E-state index >= 15 is 0 Å². The van der Waals surface area contributed by atoms with Crippen LogP contribution in [0.25, 0.3) is 10.2 Å². The molecule has 7 heteroatoms. The van der Waals surface area contributed by atoms with Crippen LogP contribution in [0.2, 0.25) is 0 Å². The summed E-state index contributed by atoms with van der Waals surface area (Å²) in [5, 5.41) is 20.9. The summed E-state index contributed by atoms with van der Waals surface area (Å²) in [7, 11) is 0. The van der Waals surface area contributed by atoms with Crippen molar-refractivity contribution in [1.82, 2.24) is 15.5 Å². The molecular formula is C14H20N4O2S. The lowest BCUT2D eigenvalue weighted by molar-refractivity contribution is 0.0934. The molecule has 0 radical (unpaired) electrons. The lowest BCUT2D eigenvalue weighted by atomic mass is 10.1. The highest BCUT2D eigenvalue weighted by atomic mass is 32.1. The molecular weight excluding hydrogens is 288 g/mol. The van der Waals surface area contributed by atoms with Crippen molar-refractivity contribution in [3.8, 4) is 0 Å². The summed E-state index contributed by atoms with van der Waals surface area (Å²) in [5.41, 5.74) is 8.36. The highest BCUT2D eigenvalue weighted by Crippen LogP contribution is 2.34. The van der Waals surface area contributed by atoms with Crippen molar-refractivity contribution < 1.29 is 9.90 Å². The van der Waals surface area contributed by atoms with E-state index in [1.165, 1.54) is 11.3 Å². The van der Waals surface area contributed by atoms with Gasteiger partial charge in [0.25, 0.3) is 5.91 Å². The van der Waals surface area contributed by atoms with Crippen LogP contribution in [-0.4, -0.2) is 33.9 Å². The predicted molar refractivity (Wildman–Crippen MR) is 84.5 cm³/mol. The molecule has 0 spiro atoms. The second-order valence-corrected chi connectivity index (χ2v) is 6.03. The number of nitrogens with one attached hydrogen (secondary N) is 1. The van der Waals surface area contributed by atoms with Gasteiger partial charge in [-0.15, -0.1) is 16.4 Å². The van der Waals surface area contributed by atoms with Crippen LogP contribution in [0.4, 0.5) is 5.69 Å². The highest BCUT2D eigenvalue weighted by Gasteiger charge is 2.21. The number of aliphatic hydroxyl groups excluding tert-OH is 1. The molecule has 21 heavy (non-hydrogen) atoms. The first kappa shape index (κ1) is 15.7. The minimum absolute atomic E-state index is 0.0461. The molecule has 114 valence electrons. The second-order valence-electron chi connectivity index (χ2n) is 5.03. The third-order valence-corrected chi connectivity index (χ3v) is 4.74. The number of nitrogens with zero attached hydrogens (tertiary/aromatic N) is 2. The lowest BCUT2D eigenvalue weighted by Crippen LogP contribution is -2.34. The van der Waals surface area contributed by atoms with Gasteiger partial charge in [0.1, 0.15) is 9.71 Å². The van der Waals surface area contributed by atoms with Crippen LogP contribution >= 0.6 is 11.3 Å². The Labute approximate surface area is 127 Å². The van der Waals surface area contributed by atoms with Crippen molar-refractivity contribution in [3.05, 3.63) is 16.1 Å². The molecule has 2 heterocycles. The van der Waals surface area contributed by atoms with Crippen LogP contribution in [0, 0.1) is 13.8 Å². The summed E-state index contributed by atoms with van der Waals surface area (Å²) in [6, 6.07) is -0.0546. The van der Waals surface area contributed by atoms with Crippen LogP contribution in [0.1, 0.15) is 40.7 Å². The van der Waals surface area contributed by atoms with E-state index in [0.717, 1.165) is 23.1 Å². The average molecular weight is 308 g/mol. The van der Waals surface area contributed by atoms with Crippen LogP contribution in [0.15, 0.2) is 0 Å². The number of fused-ring (bicyclic) bond motifs is 1. The van der Waals surface area contributed by atoms with Gasteiger partial charge >= 0.3 is 0 Å². The van der Waals surface area contributed by atoms with Gasteiger partial charge in [0.2, 0.25) is 0 Å². The molecule has 0 bridgehead atoms. The summed E-state index contributed by atoms with van der Waals surface area (Å²) in [6.45, 7) is 5.81. The molecule has 1 amide bonds. The number of aryl methyl sites for hydroxylation is 2. The smallest absolute Gasteiger partial charge is 0.263 e. The van der Waals surface area contributed by atoms with E-state index in [1.54, 1.807) is 0 Å². The van der Waals surface area contributed by atoms with E-state index in [4.69, 9.17) is 10.8 Å². The Hall–Kier alpha value is -1.73. The van der Waals surface area contributed by atoms with Crippen LogP contribution < -0.4 is 11.1 Å². The molecule has 2 aromatic rings. The normalized spacial score (nSPS) is 12.6. The molecule has 6 nitrogen and oxygen atoms in total. The molecule has 0 aliphatic carbocycles. The van der Waals surface area contributed by atoms with E-state index in [1.807, 2.05) is 20.8 Å². The Morgan fingerprint density at radius 3 is 2.76 bits per heavy atom. The molecule has 2 rings (SSSR count). The quantitative estimate of drug-likeness (QED) is 0.781. The molecule has 0 aliphatic heterocycles. The third-order valence-electron chi connectivity index (χ3n) is 3.65. The number of nitrogen functional groups attached to an aromatic ring is 1. The van der Waals surface area contributed by atoms with Crippen molar-refractivity contribution in [2.24, 2.45) is 0 Å². The number of anilines is 1. The molecule has 0 fully saturated rings. The monoisotopic (exact) mass is 308 g/mol. The number of carbonyl (C=O) groups excluding carboxylic acids is 1. The van der Waals surface area contributed by atoms with Gasteiger partial charge in [-0.25, -0.2) is 0 Å². The average Bonchev–Trinajstić information content (AvgIpc) is 2.80. The van der Waals surface area contributed by atoms with Crippen LogP contribution in [-0.2, 0) is 0 Å². The predicted octanol–water partition coefficient (Wildman–Crippen LogP) is 1.78. The molecule has 2 aromatic heterocycles. The second kappa shape index (κ2) is 6.36. The largest absolute Gasteiger partial charge is 0.397 e. The zero-order chi connectivity index (χ0) is 15.6. The van der Waals surface area contributed by atoms with E-state index in [-0.39, 0.29) is 18.6 Å². The summed E-state index contributed by atoms with van der Waals surface area (Å²) in [4.78, 5) is 13.5. The Kier molecular flexibility index (Phi) is 4.74.